The number of hydrogen-bond donors (Lipinski definition) is 1. The van der Waals surface area contributed by atoms with Crippen molar-refractivity contribution >= 4 is 5.69 Å². The number of aromatic nitrogens is 1. The molecule has 0 aliphatic heterocycles. The maximum Gasteiger partial charge on any atom is 0.0414 e. The second kappa shape index (κ2) is 5.80. The van der Waals surface area contributed by atoms with E-state index in [2.05, 4.69) is 79.5 Å². The lowest BCUT2D eigenvalue weighted by Gasteiger charge is -2.30. The van der Waals surface area contributed by atoms with Crippen LogP contribution in [-0.2, 0) is 0 Å². The topological polar surface area (TPSA) is 17.0 Å². The Bertz CT molecular complexity index is 638. The largest absolute Gasteiger partial charge is 0.359 e. The molecule has 21 heavy (non-hydrogen) atoms. The molecule has 0 amide bonds. The van der Waals surface area contributed by atoms with Crippen molar-refractivity contribution in [2.75, 3.05) is 5.32 Å². The number of nitrogens with one attached hydrogen (secondary N) is 1. The van der Waals surface area contributed by atoms with Gasteiger partial charge in [-0.25, -0.2) is 0 Å². The Labute approximate surface area is 127 Å². The third-order valence-corrected chi connectivity index (χ3v) is 4.50. The van der Waals surface area contributed by atoms with Crippen LogP contribution in [0.4, 0.5) is 5.69 Å². The van der Waals surface area contributed by atoms with Gasteiger partial charge < -0.3 is 9.88 Å². The van der Waals surface area contributed by atoms with Crippen molar-refractivity contribution in [3.05, 3.63) is 65.6 Å². The molecule has 2 aromatic rings. The fourth-order valence-electron chi connectivity index (χ4n) is 3.19. The Morgan fingerprint density at radius 2 is 1.90 bits per heavy atom. The molecule has 0 saturated carbocycles. The van der Waals surface area contributed by atoms with Gasteiger partial charge in [0.2, 0.25) is 0 Å². The monoisotopic (exact) mass is 280 g/mol. The van der Waals surface area contributed by atoms with Crippen LogP contribution in [0.15, 0.2) is 54.5 Å². The maximum absolute atomic E-state index is 3.64. The molecule has 1 N–H and O–H groups in total. The first-order valence-corrected chi connectivity index (χ1v) is 7.79. The van der Waals surface area contributed by atoms with Crippen molar-refractivity contribution in [2.45, 2.75) is 39.7 Å². The van der Waals surface area contributed by atoms with Gasteiger partial charge in [-0.1, -0.05) is 25.1 Å². The van der Waals surface area contributed by atoms with E-state index < -0.39 is 0 Å². The van der Waals surface area contributed by atoms with Crippen LogP contribution in [0.3, 0.4) is 0 Å². The minimum absolute atomic E-state index is 0.587. The van der Waals surface area contributed by atoms with E-state index in [0.29, 0.717) is 12.0 Å². The van der Waals surface area contributed by atoms with E-state index in [4.69, 9.17) is 0 Å². The van der Waals surface area contributed by atoms with E-state index in [-0.39, 0.29) is 0 Å². The summed E-state index contributed by atoms with van der Waals surface area (Å²) >= 11 is 0. The van der Waals surface area contributed by atoms with Crippen LogP contribution < -0.4 is 5.32 Å². The van der Waals surface area contributed by atoms with Crippen LogP contribution in [0.5, 0.6) is 0 Å². The zero-order valence-corrected chi connectivity index (χ0v) is 13.1. The summed E-state index contributed by atoms with van der Waals surface area (Å²) in [6, 6.07) is 11.4. The number of benzene rings is 1. The Kier molecular flexibility index (Phi) is 3.87. The first-order chi connectivity index (χ1) is 10.1. The van der Waals surface area contributed by atoms with E-state index in [1.807, 2.05) is 0 Å². The summed E-state index contributed by atoms with van der Waals surface area (Å²) in [7, 11) is 0. The number of aryl methyl sites for hydroxylation is 2. The smallest absolute Gasteiger partial charge is 0.0414 e. The lowest BCUT2D eigenvalue weighted by molar-refractivity contribution is 0.338. The molecule has 2 atom stereocenters. The van der Waals surface area contributed by atoms with Gasteiger partial charge in [-0.15, -0.1) is 0 Å². The quantitative estimate of drug-likeness (QED) is 0.830. The van der Waals surface area contributed by atoms with E-state index in [9.17, 15) is 0 Å². The highest BCUT2D eigenvalue weighted by Gasteiger charge is 2.23. The molecule has 1 aliphatic rings. The Morgan fingerprint density at radius 1 is 1.14 bits per heavy atom. The predicted octanol–water partition coefficient (Wildman–Crippen LogP) is 5.07. The van der Waals surface area contributed by atoms with Crippen molar-refractivity contribution in [3.63, 3.8) is 0 Å². The van der Waals surface area contributed by atoms with Crippen LogP contribution in [0, 0.1) is 19.8 Å². The zero-order chi connectivity index (χ0) is 14.8. The summed E-state index contributed by atoms with van der Waals surface area (Å²) < 4.78 is 2.34. The van der Waals surface area contributed by atoms with Crippen LogP contribution in [0.25, 0.3) is 0 Å². The van der Waals surface area contributed by atoms with Gasteiger partial charge in [-0.2, -0.15) is 0 Å². The van der Waals surface area contributed by atoms with Crippen molar-refractivity contribution in [1.82, 2.24) is 4.57 Å². The Balaban J connectivity index is 1.75. The molecule has 2 nitrogen and oxygen atoms in total. The summed E-state index contributed by atoms with van der Waals surface area (Å²) in [5, 5.41) is 3.64. The second-order valence-corrected chi connectivity index (χ2v) is 6.29. The van der Waals surface area contributed by atoms with Crippen molar-refractivity contribution in [2.24, 2.45) is 5.92 Å². The molecule has 0 radical (unpaired) electrons. The van der Waals surface area contributed by atoms with E-state index in [1.165, 1.54) is 22.5 Å². The summed E-state index contributed by atoms with van der Waals surface area (Å²) in [5.74, 6) is 0.648. The second-order valence-electron chi connectivity index (χ2n) is 6.29. The fraction of sp³-hybridized carbons (Fsp3) is 0.368. The van der Waals surface area contributed by atoms with Gasteiger partial charge in [-0.05, 0) is 61.9 Å². The number of anilines is 1. The summed E-state index contributed by atoms with van der Waals surface area (Å²) in [4.78, 5) is 0. The van der Waals surface area contributed by atoms with E-state index >= 15 is 0 Å². The molecule has 1 heterocycles. The summed E-state index contributed by atoms with van der Waals surface area (Å²) in [6.45, 7) is 6.66. The van der Waals surface area contributed by atoms with E-state index in [0.717, 1.165) is 12.8 Å². The van der Waals surface area contributed by atoms with Crippen molar-refractivity contribution < 1.29 is 0 Å². The fourth-order valence-corrected chi connectivity index (χ4v) is 3.19. The SMILES string of the molecule is Cc1ccc(C)c(NC2=CCC(n3cccc3)C(C)C2)c1. The normalized spacial score (nSPS) is 22.0. The first kappa shape index (κ1) is 14.0. The lowest BCUT2D eigenvalue weighted by Crippen LogP contribution is -2.21. The number of rotatable bonds is 3. The molecule has 1 aromatic carbocycles. The summed E-state index contributed by atoms with van der Waals surface area (Å²) in [5.41, 5.74) is 5.21. The Morgan fingerprint density at radius 3 is 2.62 bits per heavy atom. The van der Waals surface area contributed by atoms with Gasteiger partial charge in [-0.3, -0.25) is 0 Å². The molecule has 1 aromatic heterocycles. The van der Waals surface area contributed by atoms with Crippen LogP contribution in [-0.4, -0.2) is 4.57 Å². The highest BCUT2D eigenvalue weighted by Crippen LogP contribution is 2.34. The number of hydrogen-bond acceptors (Lipinski definition) is 1. The zero-order valence-electron chi connectivity index (χ0n) is 13.1. The van der Waals surface area contributed by atoms with Crippen LogP contribution in [0.1, 0.15) is 36.9 Å². The molecule has 2 unspecified atom stereocenters. The van der Waals surface area contributed by atoms with Gasteiger partial charge in [0.25, 0.3) is 0 Å². The average molecular weight is 280 g/mol. The molecule has 0 fully saturated rings. The molecular weight excluding hydrogens is 256 g/mol. The van der Waals surface area contributed by atoms with Crippen molar-refractivity contribution in [3.8, 4) is 0 Å². The van der Waals surface area contributed by atoms with Gasteiger partial charge >= 0.3 is 0 Å². The summed E-state index contributed by atoms with van der Waals surface area (Å²) in [6.07, 6.45) is 8.93. The maximum atomic E-state index is 3.64. The lowest BCUT2D eigenvalue weighted by atomic mass is 9.88. The van der Waals surface area contributed by atoms with Crippen LogP contribution in [0.2, 0.25) is 0 Å². The van der Waals surface area contributed by atoms with Gasteiger partial charge in [0, 0.05) is 29.8 Å². The van der Waals surface area contributed by atoms with Gasteiger partial charge in [0.15, 0.2) is 0 Å². The average Bonchev–Trinajstić information content (AvgIpc) is 2.97. The third-order valence-electron chi connectivity index (χ3n) is 4.50. The minimum Gasteiger partial charge on any atom is -0.359 e. The highest BCUT2D eigenvalue weighted by molar-refractivity contribution is 5.56. The predicted molar refractivity (Wildman–Crippen MR) is 89.5 cm³/mol. The standard InChI is InChI=1S/C19H24N2/c1-14-6-7-15(2)18(12-14)20-17-8-9-19(16(3)13-17)21-10-4-5-11-21/h4-8,10-12,16,19-20H,9,13H2,1-3H3. The molecule has 0 spiro atoms. The molecule has 110 valence electrons. The molecule has 0 saturated heterocycles. The molecule has 2 heteroatoms. The highest BCUT2D eigenvalue weighted by atomic mass is 15.0. The van der Waals surface area contributed by atoms with E-state index in [1.54, 1.807) is 0 Å². The molecule has 3 rings (SSSR count). The van der Waals surface area contributed by atoms with Crippen molar-refractivity contribution in [1.29, 1.82) is 0 Å². The molecule has 1 aliphatic carbocycles. The minimum atomic E-state index is 0.587. The number of allylic oxidation sites excluding steroid dienone is 2. The Hall–Kier alpha value is -1.96. The van der Waals surface area contributed by atoms with Crippen LogP contribution >= 0.6 is 0 Å². The molecular formula is C19H24N2. The molecule has 0 bridgehead atoms. The third kappa shape index (κ3) is 3.05. The first-order valence-electron chi connectivity index (χ1n) is 7.79. The van der Waals surface area contributed by atoms with Gasteiger partial charge in [0.05, 0.1) is 0 Å². The van der Waals surface area contributed by atoms with Gasteiger partial charge in [0.1, 0.15) is 0 Å². The number of nitrogens with zero attached hydrogens (tertiary/aromatic N) is 1.